The molecule has 0 saturated heterocycles. The number of phenolic OH excluding ortho intramolecular Hbond substituents is 1. The van der Waals surface area contributed by atoms with Gasteiger partial charge in [-0.05, 0) is 38.4 Å². The summed E-state index contributed by atoms with van der Waals surface area (Å²) in [5, 5.41) is 10.0. The molecule has 0 spiro atoms. The monoisotopic (exact) mass is 361 g/mol. The van der Waals surface area contributed by atoms with Gasteiger partial charge in [0.2, 0.25) is 0 Å². The third-order valence-corrected chi connectivity index (χ3v) is 3.64. The molecule has 3 rings (SSSR count). The Labute approximate surface area is 151 Å². The second-order valence-corrected chi connectivity index (χ2v) is 5.83. The summed E-state index contributed by atoms with van der Waals surface area (Å²) < 4.78 is 11.5. The lowest BCUT2D eigenvalue weighted by Crippen LogP contribution is -2.19. The third-order valence-electron chi connectivity index (χ3n) is 3.64. The highest BCUT2D eigenvalue weighted by Gasteiger charge is 2.08. The van der Waals surface area contributed by atoms with Crippen molar-refractivity contribution in [1.29, 1.82) is 0 Å². The first-order valence-electron chi connectivity index (χ1n) is 7.68. The number of rotatable bonds is 5. The van der Waals surface area contributed by atoms with Crippen molar-refractivity contribution >= 4 is 23.4 Å². The predicted molar refractivity (Wildman–Crippen MR) is 101 cm³/mol. The van der Waals surface area contributed by atoms with Crippen LogP contribution in [0.2, 0.25) is 0 Å². The first-order valence-corrected chi connectivity index (χ1v) is 7.68. The van der Waals surface area contributed by atoms with Crippen LogP contribution in [0.5, 0.6) is 11.5 Å². The molecule has 0 aliphatic heterocycles. The van der Waals surface area contributed by atoms with Gasteiger partial charge in [0.05, 0.1) is 5.39 Å². The highest BCUT2D eigenvalue weighted by molar-refractivity contribution is 5.85. The van der Waals surface area contributed by atoms with Crippen LogP contribution in [0.4, 0.5) is 0 Å². The molecule has 0 amide bonds. The molecule has 0 fully saturated rings. The molecule has 1 aromatic heterocycles. The number of aromatic hydroxyl groups is 1. The summed E-state index contributed by atoms with van der Waals surface area (Å²) in [6, 6.07) is 13.3. The minimum absolute atomic E-state index is 0. The summed E-state index contributed by atoms with van der Waals surface area (Å²) in [5.41, 5.74) is 0.960. The van der Waals surface area contributed by atoms with Crippen LogP contribution >= 0.6 is 12.4 Å². The van der Waals surface area contributed by atoms with Gasteiger partial charge in [-0.3, -0.25) is 4.79 Å². The van der Waals surface area contributed by atoms with Crippen molar-refractivity contribution < 1.29 is 14.3 Å². The molecule has 0 unspecified atom stereocenters. The van der Waals surface area contributed by atoms with Crippen molar-refractivity contribution in [3.8, 4) is 22.8 Å². The first-order chi connectivity index (χ1) is 11.5. The normalized spacial score (nSPS) is 10.7. The van der Waals surface area contributed by atoms with Gasteiger partial charge in [0.15, 0.2) is 5.43 Å². The van der Waals surface area contributed by atoms with Crippen LogP contribution in [0.1, 0.15) is 0 Å². The average molecular weight is 362 g/mol. The molecular formula is C19H20ClNO4. The number of phenols is 1. The molecule has 6 heteroatoms. The van der Waals surface area contributed by atoms with E-state index in [9.17, 15) is 9.90 Å². The van der Waals surface area contributed by atoms with Crippen LogP contribution in [-0.4, -0.2) is 37.3 Å². The third kappa shape index (κ3) is 4.53. The SMILES string of the molecule is CN(C)CCOc1cccc(-c2cc(=O)c3ccc(O)cc3o2)c1.Cl. The second kappa shape index (κ2) is 8.05. The van der Waals surface area contributed by atoms with Gasteiger partial charge in [0, 0.05) is 24.2 Å². The van der Waals surface area contributed by atoms with Crippen molar-refractivity contribution in [2.24, 2.45) is 0 Å². The van der Waals surface area contributed by atoms with Crippen molar-refractivity contribution in [3.05, 3.63) is 58.8 Å². The van der Waals surface area contributed by atoms with E-state index in [4.69, 9.17) is 9.15 Å². The van der Waals surface area contributed by atoms with E-state index in [0.717, 1.165) is 12.1 Å². The van der Waals surface area contributed by atoms with Crippen LogP contribution < -0.4 is 10.2 Å². The number of nitrogens with zero attached hydrogens (tertiary/aromatic N) is 1. The summed E-state index contributed by atoms with van der Waals surface area (Å²) in [4.78, 5) is 14.3. The van der Waals surface area contributed by atoms with Gasteiger partial charge >= 0.3 is 0 Å². The summed E-state index contributed by atoms with van der Waals surface area (Å²) in [7, 11) is 3.97. The molecule has 0 aliphatic carbocycles. The van der Waals surface area contributed by atoms with Gasteiger partial charge in [-0.2, -0.15) is 0 Å². The van der Waals surface area contributed by atoms with Gasteiger partial charge in [0.25, 0.3) is 0 Å². The molecule has 132 valence electrons. The zero-order valence-corrected chi connectivity index (χ0v) is 14.9. The average Bonchev–Trinajstić information content (AvgIpc) is 2.54. The number of ether oxygens (including phenoxy) is 1. The molecule has 0 radical (unpaired) electrons. The lowest BCUT2D eigenvalue weighted by atomic mass is 10.1. The summed E-state index contributed by atoms with van der Waals surface area (Å²) in [6.07, 6.45) is 0. The Morgan fingerprint density at radius 2 is 1.92 bits per heavy atom. The van der Waals surface area contributed by atoms with E-state index in [1.54, 1.807) is 6.07 Å². The number of hydrogen-bond donors (Lipinski definition) is 1. The zero-order valence-electron chi connectivity index (χ0n) is 14.1. The number of fused-ring (bicyclic) bond motifs is 1. The Morgan fingerprint density at radius 1 is 1.12 bits per heavy atom. The molecule has 1 heterocycles. The molecule has 2 aromatic carbocycles. The maximum atomic E-state index is 12.2. The summed E-state index contributed by atoms with van der Waals surface area (Å²) >= 11 is 0. The van der Waals surface area contributed by atoms with Gasteiger partial charge < -0.3 is 19.2 Å². The molecule has 0 atom stereocenters. The fraction of sp³-hybridized carbons (Fsp3) is 0.211. The summed E-state index contributed by atoms with van der Waals surface area (Å²) in [6.45, 7) is 1.39. The van der Waals surface area contributed by atoms with E-state index in [1.165, 1.54) is 18.2 Å². The van der Waals surface area contributed by atoms with Crippen LogP contribution in [0, 0.1) is 0 Å². The summed E-state index contributed by atoms with van der Waals surface area (Å²) in [5.74, 6) is 1.22. The Bertz CT molecular complexity index is 921. The topological polar surface area (TPSA) is 62.9 Å². The van der Waals surface area contributed by atoms with Crippen molar-refractivity contribution in [2.45, 2.75) is 0 Å². The van der Waals surface area contributed by atoms with Gasteiger partial charge in [-0.15, -0.1) is 12.4 Å². The first kappa shape index (κ1) is 18.8. The lowest BCUT2D eigenvalue weighted by molar-refractivity contribution is 0.261. The minimum Gasteiger partial charge on any atom is -0.508 e. The van der Waals surface area contributed by atoms with Crippen molar-refractivity contribution in [2.75, 3.05) is 27.2 Å². The standard InChI is InChI=1S/C19H19NO4.ClH/c1-20(2)8-9-23-15-5-3-4-13(10-15)18-12-17(22)16-7-6-14(21)11-19(16)24-18;/h3-7,10-12,21H,8-9H2,1-2H3;1H. The van der Waals surface area contributed by atoms with E-state index in [-0.39, 0.29) is 23.6 Å². The number of likely N-dealkylation sites (N-methyl/N-ethyl adjacent to an activating group) is 1. The van der Waals surface area contributed by atoms with Crippen molar-refractivity contribution in [3.63, 3.8) is 0 Å². The van der Waals surface area contributed by atoms with Gasteiger partial charge in [-0.1, -0.05) is 12.1 Å². The molecule has 0 aliphatic rings. The van der Waals surface area contributed by atoms with Crippen LogP contribution in [0.25, 0.3) is 22.3 Å². The highest BCUT2D eigenvalue weighted by Crippen LogP contribution is 2.26. The quantitative estimate of drug-likeness (QED) is 0.753. The Balaban J connectivity index is 0.00000225. The van der Waals surface area contributed by atoms with Crippen LogP contribution in [0.15, 0.2) is 57.7 Å². The van der Waals surface area contributed by atoms with E-state index in [1.807, 2.05) is 43.3 Å². The molecule has 0 bridgehead atoms. The molecule has 3 aromatic rings. The largest absolute Gasteiger partial charge is 0.508 e. The Hall–Kier alpha value is -2.50. The Kier molecular flexibility index (Phi) is 6.07. The Morgan fingerprint density at radius 3 is 2.68 bits per heavy atom. The smallest absolute Gasteiger partial charge is 0.193 e. The fourth-order valence-electron chi connectivity index (χ4n) is 2.37. The second-order valence-electron chi connectivity index (χ2n) is 5.83. The van der Waals surface area contributed by atoms with E-state index < -0.39 is 0 Å². The lowest BCUT2D eigenvalue weighted by Gasteiger charge is -2.11. The van der Waals surface area contributed by atoms with Crippen molar-refractivity contribution in [1.82, 2.24) is 4.90 Å². The van der Waals surface area contributed by atoms with E-state index in [2.05, 4.69) is 0 Å². The molecule has 1 N–H and O–H groups in total. The van der Waals surface area contributed by atoms with E-state index in [0.29, 0.717) is 29.1 Å². The van der Waals surface area contributed by atoms with Gasteiger partial charge in [-0.25, -0.2) is 0 Å². The molecule has 0 saturated carbocycles. The highest BCUT2D eigenvalue weighted by atomic mass is 35.5. The number of hydrogen-bond acceptors (Lipinski definition) is 5. The fourth-order valence-corrected chi connectivity index (χ4v) is 2.37. The van der Waals surface area contributed by atoms with Gasteiger partial charge in [0.1, 0.15) is 29.4 Å². The number of benzene rings is 2. The van der Waals surface area contributed by atoms with Crippen LogP contribution in [-0.2, 0) is 0 Å². The number of halogens is 1. The maximum absolute atomic E-state index is 12.2. The zero-order chi connectivity index (χ0) is 17.1. The molecule has 25 heavy (non-hydrogen) atoms. The molecular weight excluding hydrogens is 342 g/mol. The maximum Gasteiger partial charge on any atom is 0.193 e. The van der Waals surface area contributed by atoms with Crippen LogP contribution in [0.3, 0.4) is 0 Å². The predicted octanol–water partition coefficient (Wildman–Crippen LogP) is 3.53. The molecule has 5 nitrogen and oxygen atoms in total. The van der Waals surface area contributed by atoms with E-state index >= 15 is 0 Å². The minimum atomic E-state index is -0.148.